The minimum atomic E-state index is 0.477. The molecule has 76 valence electrons. The molecule has 3 heterocycles. The molecule has 2 atom stereocenters. The first-order chi connectivity index (χ1) is 6.06. The molecule has 0 aromatic heterocycles. The van der Waals surface area contributed by atoms with Gasteiger partial charge in [-0.2, -0.15) is 0 Å². The smallest absolute Gasteiger partial charge is 0.0623 e. The first-order valence-corrected chi connectivity index (χ1v) is 5.40. The van der Waals surface area contributed by atoms with Gasteiger partial charge in [0.15, 0.2) is 0 Å². The SMILES string of the molecule is CC(C)(C)CCN1C2COCC1C2. The molecular formula is C11H21NO. The van der Waals surface area contributed by atoms with E-state index in [1.54, 1.807) is 0 Å². The van der Waals surface area contributed by atoms with Crippen molar-refractivity contribution in [3.63, 3.8) is 0 Å². The van der Waals surface area contributed by atoms with Gasteiger partial charge in [-0.1, -0.05) is 20.8 Å². The zero-order chi connectivity index (χ0) is 9.47. The van der Waals surface area contributed by atoms with Crippen molar-refractivity contribution in [2.75, 3.05) is 19.8 Å². The number of ether oxygens (including phenoxy) is 1. The zero-order valence-corrected chi connectivity index (χ0v) is 9.05. The number of rotatable bonds is 2. The fourth-order valence-electron chi connectivity index (χ4n) is 2.24. The fourth-order valence-corrected chi connectivity index (χ4v) is 2.24. The Morgan fingerprint density at radius 2 is 1.85 bits per heavy atom. The van der Waals surface area contributed by atoms with Gasteiger partial charge < -0.3 is 4.74 Å². The van der Waals surface area contributed by atoms with Crippen molar-refractivity contribution in [1.29, 1.82) is 0 Å². The summed E-state index contributed by atoms with van der Waals surface area (Å²) in [6, 6.07) is 1.50. The van der Waals surface area contributed by atoms with Gasteiger partial charge in [-0.15, -0.1) is 0 Å². The Bertz CT molecular complexity index is 171. The fraction of sp³-hybridized carbons (Fsp3) is 1.00. The van der Waals surface area contributed by atoms with E-state index in [4.69, 9.17) is 4.74 Å². The lowest BCUT2D eigenvalue weighted by molar-refractivity contribution is -0.129. The molecular weight excluding hydrogens is 162 g/mol. The van der Waals surface area contributed by atoms with Crippen LogP contribution in [-0.2, 0) is 4.74 Å². The molecule has 2 unspecified atom stereocenters. The lowest BCUT2D eigenvalue weighted by Crippen LogP contribution is -2.63. The van der Waals surface area contributed by atoms with Crippen LogP contribution in [0.25, 0.3) is 0 Å². The van der Waals surface area contributed by atoms with E-state index < -0.39 is 0 Å². The molecule has 3 rings (SSSR count). The van der Waals surface area contributed by atoms with Crippen LogP contribution in [0.2, 0.25) is 0 Å². The molecule has 0 aromatic carbocycles. The molecule has 0 aliphatic carbocycles. The standard InChI is InChI=1S/C11H21NO/c1-11(2,3)4-5-12-9-6-10(12)8-13-7-9/h9-10H,4-8H2,1-3H3. The third-order valence-corrected chi connectivity index (χ3v) is 3.22. The first-order valence-electron chi connectivity index (χ1n) is 5.40. The highest BCUT2D eigenvalue weighted by molar-refractivity contribution is 4.96. The van der Waals surface area contributed by atoms with Crippen LogP contribution in [0.4, 0.5) is 0 Å². The van der Waals surface area contributed by atoms with E-state index in [-0.39, 0.29) is 0 Å². The molecule has 2 bridgehead atoms. The second-order valence-corrected chi connectivity index (χ2v) is 5.63. The van der Waals surface area contributed by atoms with Crippen molar-refractivity contribution in [3.8, 4) is 0 Å². The number of hydrogen-bond donors (Lipinski definition) is 0. The Kier molecular flexibility index (Phi) is 2.37. The molecule has 0 saturated carbocycles. The molecule has 0 spiro atoms. The molecule has 3 aliphatic heterocycles. The highest BCUT2D eigenvalue weighted by Crippen LogP contribution is 2.32. The van der Waals surface area contributed by atoms with E-state index in [0.29, 0.717) is 5.41 Å². The van der Waals surface area contributed by atoms with E-state index in [9.17, 15) is 0 Å². The van der Waals surface area contributed by atoms with Crippen LogP contribution in [0.1, 0.15) is 33.6 Å². The number of fused-ring (bicyclic) bond motifs is 2. The summed E-state index contributed by atoms with van der Waals surface area (Å²) in [5.41, 5.74) is 0.477. The molecule has 13 heavy (non-hydrogen) atoms. The largest absolute Gasteiger partial charge is 0.378 e. The molecule has 0 amide bonds. The Labute approximate surface area is 81.3 Å². The molecule has 2 heteroatoms. The number of morpholine rings is 1. The van der Waals surface area contributed by atoms with Crippen LogP contribution in [0.15, 0.2) is 0 Å². The van der Waals surface area contributed by atoms with E-state index in [1.807, 2.05) is 0 Å². The van der Waals surface area contributed by atoms with Crippen molar-refractivity contribution in [3.05, 3.63) is 0 Å². The zero-order valence-electron chi connectivity index (χ0n) is 9.05. The predicted molar refractivity (Wildman–Crippen MR) is 53.8 cm³/mol. The first kappa shape index (κ1) is 9.47. The summed E-state index contributed by atoms with van der Waals surface area (Å²) >= 11 is 0. The summed E-state index contributed by atoms with van der Waals surface area (Å²) in [4.78, 5) is 2.63. The van der Waals surface area contributed by atoms with Gasteiger partial charge in [-0.25, -0.2) is 0 Å². The maximum atomic E-state index is 5.45. The minimum Gasteiger partial charge on any atom is -0.378 e. The quantitative estimate of drug-likeness (QED) is 0.648. The van der Waals surface area contributed by atoms with Crippen LogP contribution in [0.3, 0.4) is 0 Å². The van der Waals surface area contributed by atoms with Crippen molar-refractivity contribution in [2.24, 2.45) is 5.41 Å². The number of hydrogen-bond acceptors (Lipinski definition) is 2. The predicted octanol–water partition coefficient (Wildman–Crippen LogP) is 1.90. The van der Waals surface area contributed by atoms with Crippen molar-refractivity contribution in [2.45, 2.75) is 45.7 Å². The van der Waals surface area contributed by atoms with E-state index in [1.165, 1.54) is 19.4 Å². The Balaban J connectivity index is 1.77. The third kappa shape index (κ3) is 2.05. The van der Waals surface area contributed by atoms with Crippen molar-refractivity contribution >= 4 is 0 Å². The minimum absolute atomic E-state index is 0.477. The summed E-state index contributed by atoms with van der Waals surface area (Å²) in [6.07, 6.45) is 2.68. The molecule has 3 saturated heterocycles. The van der Waals surface area contributed by atoms with Gasteiger partial charge in [0, 0.05) is 12.1 Å². The third-order valence-electron chi connectivity index (χ3n) is 3.22. The maximum absolute atomic E-state index is 5.45. The van der Waals surface area contributed by atoms with E-state index >= 15 is 0 Å². The summed E-state index contributed by atoms with van der Waals surface area (Å²) in [5, 5.41) is 0. The molecule has 0 N–H and O–H groups in total. The lowest BCUT2D eigenvalue weighted by atomic mass is 9.87. The van der Waals surface area contributed by atoms with Gasteiger partial charge in [0.1, 0.15) is 0 Å². The van der Waals surface area contributed by atoms with Crippen molar-refractivity contribution in [1.82, 2.24) is 4.90 Å². The lowest BCUT2D eigenvalue weighted by Gasteiger charge is -2.53. The summed E-state index contributed by atoms with van der Waals surface area (Å²) < 4.78 is 5.45. The van der Waals surface area contributed by atoms with Crippen LogP contribution in [-0.4, -0.2) is 36.7 Å². The summed E-state index contributed by atoms with van der Waals surface area (Å²) in [5.74, 6) is 0. The maximum Gasteiger partial charge on any atom is 0.0623 e. The van der Waals surface area contributed by atoms with Gasteiger partial charge in [0.25, 0.3) is 0 Å². The Morgan fingerprint density at radius 1 is 1.23 bits per heavy atom. The van der Waals surface area contributed by atoms with E-state index in [0.717, 1.165) is 25.3 Å². The van der Waals surface area contributed by atoms with Crippen LogP contribution < -0.4 is 0 Å². The van der Waals surface area contributed by atoms with Crippen molar-refractivity contribution < 1.29 is 4.74 Å². The van der Waals surface area contributed by atoms with Gasteiger partial charge in [0.05, 0.1) is 13.2 Å². The molecule has 0 radical (unpaired) electrons. The van der Waals surface area contributed by atoms with Crippen LogP contribution in [0.5, 0.6) is 0 Å². The van der Waals surface area contributed by atoms with Crippen LogP contribution >= 0.6 is 0 Å². The summed E-state index contributed by atoms with van der Waals surface area (Å²) in [6.45, 7) is 10.2. The second kappa shape index (κ2) is 3.25. The average molecular weight is 183 g/mol. The molecule has 3 fully saturated rings. The van der Waals surface area contributed by atoms with Gasteiger partial charge in [-0.3, -0.25) is 4.90 Å². The average Bonchev–Trinajstić information content (AvgIpc) is 2.03. The summed E-state index contributed by atoms with van der Waals surface area (Å²) in [7, 11) is 0. The Morgan fingerprint density at radius 3 is 2.31 bits per heavy atom. The molecule has 3 aliphatic rings. The van der Waals surface area contributed by atoms with Gasteiger partial charge in [-0.05, 0) is 24.8 Å². The topological polar surface area (TPSA) is 12.5 Å². The molecule has 0 aromatic rings. The highest BCUT2D eigenvalue weighted by Gasteiger charge is 2.41. The number of nitrogens with zero attached hydrogens (tertiary/aromatic N) is 1. The highest BCUT2D eigenvalue weighted by atomic mass is 16.5. The second-order valence-electron chi connectivity index (χ2n) is 5.63. The van der Waals surface area contributed by atoms with Crippen LogP contribution in [0, 0.1) is 5.41 Å². The monoisotopic (exact) mass is 183 g/mol. The van der Waals surface area contributed by atoms with Gasteiger partial charge in [0.2, 0.25) is 0 Å². The van der Waals surface area contributed by atoms with Gasteiger partial charge >= 0.3 is 0 Å². The molecule has 2 nitrogen and oxygen atoms in total. The van der Waals surface area contributed by atoms with E-state index in [2.05, 4.69) is 25.7 Å². The normalized spacial score (nSPS) is 34.4. The Hall–Kier alpha value is -0.0800.